The average Bonchev–Trinajstić information content (AvgIpc) is 2.69. The van der Waals surface area contributed by atoms with Crippen LogP contribution < -0.4 is 5.43 Å². The number of esters is 1. The smallest absolute Gasteiger partial charge is 0.338 e. The van der Waals surface area contributed by atoms with Crippen molar-refractivity contribution in [1.82, 2.24) is 14.8 Å². The van der Waals surface area contributed by atoms with Gasteiger partial charge in [-0.1, -0.05) is 13.8 Å². The van der Waals surface area contributed by atoms with Gasteiger partial charge in [0.2, 0.25) is 0 Å². The number of rotatable bonds is 6. The van der Waals surface area contributed by atoms with Crippen molar-refractivity contribution >= 4 is 16.9 Å². The van der Waals surface area contributed by atoms with Crippen LogP contribution in [0.1, 0.15) is 41.9 Å². The van der Waals surface area contributed by atoms with Crippen LogP contribution in [0.2, 0.25) is 0 Å². The molecule has 0 bridgehead atoms. The number of piperazine rings is 1. The molecule has 6 heteroatoms. The van der Waals surface area contributed by atoms with E-state index in [9.17, 15) is 9.59 Å². The first kappa shape index (κ1) is 19.6. The number of H-pyrrole nitrogens is 1. The van der Waals surface area contributed by atoms with Crippen LogP contribution in [-0.2, 0) is 11.3 Å². The van der Waals surface area contributed by atoms with Gasteiger partial charge in [0.15, 0.2) is 5.43 Å². The molecule has 0 radical (unpaired) electrons. The molecule has 6 nitrogen and oxygen atoms in total. The molecule has 0 aliphatic carbocycles. The highest BCUT2D eigenvalue weighted by Crippen LogP contribution is 2.16. The van der Waals surface area contributed by atoms with Crippen molar-refractivity contribution in [3.8, 4) is 0 Å². The highest BCUT2D eigenvalue weighted by molar-refractivity contribution is 5.94. The third-order valence-corrected chi connectivity index (χ3v) is 5.28. The van der Waals surface area contributed by atoms with Gasteiger partial charge in [0.25, 0.3) is 0 Å². The van der Waals surface area contributed by atoms with E-state index in [0.29, 0.717) is 24.1 Å². The van der Waals surface area contributed by atoms with Crippen LogP contribution in [0.5, 0.6) is 0 Å². The monoisotopic (exact) mass is 371 g/mol. The Kier molecular flexibility index (Phi) is 6.29. The van der Waals surface area contributed by atoms with E-state index < -0.39 is 0 Å². The Morgan fingerprint density at radius 2 is 1.85 bits per heavy atom. The molecule has 0 amide bonds. The fourth-order valence-electron chi connectivity index (χ4n) is 3.53. The molecular weight excluding hydrogens is 342 g/mol. The number of ether oxygens (including phenoxy) is 1. The molecule has 0 atom stereocenters. The summed E-state index contributed by atoms with van der Waals surface area (Å²) in [6.45, 7) is 12.2. The Hall–Kier alpha value is -2.18. The Balaban J connectivity index is 1.87. The molecule has 0 unspecified atom stereocenters. The number of benzene rings is 1. The predicted octanol–water partition coefficient (Wildman–Crippen LogP) is 2.54. The number of fused-ring (bicyclic) bond motifs is 1. The van der Waals surface area contributed by atoms with E-state index in [-0.39, 0.29) is 11.4 Å². The predicted molar refractivity (Wildman–Crippen MR) is 107 cm³/mol. The van der Waals surface area contributed by atoms with Gasteiger partial charge in [0.05, 0.1) is 12.2 Å². The minimum atomic E-state index is -0.379. The van der Waals surface area contributed by atoms with Gasteiger partial charge < -0.3 is 14.6 Å². The minimum Gasteiger partial charge on any atom is -0.462 e. The lowest BCUT2D eigenvalue weighted by molar-refractivity contribution is 0.0505. The quantitative estimate of drug-likeness (QED) is 0.791. The first-order chi connectivity index (χ1) is 13.0. The lowest BCUT2D eigenvalue weighted by Gasteiger charge is -2.34. The van der Waals surface area contributed by atoms with Crippen LogP contribution in [-0.4, -0.2) is 60.1 Å². The molecule has 1 saturated heterocycles. The van der Waals surface area contributed by atoms with E-state index >= 15 is 0 Å². The number of hydrogen-bond donors (Lipinski definition) is 1. The van der Waals surface area contributed by atoms with Gasteiger partial charge in [-0.3, -0.25) is 9.69 Å². The van der Waals surface area contributed by atoms with Crippen molar-refractivity contribution in [3.63, 3.8) is 0 Å². The maximum absolute atomic E-state index is 13.1. The van der Waals surface area contributed by atoms with Gasteiger partial charge >= 0.3 is 5.97 Å². The van der Waals surface area contributed by atoms with Crippen molar-refractivity contribution < 1.29 is 9.53 Å². The van der Waals surface area contributed by atoms with Crippen molar-refractivity contribution in [1.29, 1.82) is 0 Å². The van der Waals surface area contributed by atoms with Crippen molar-refractivity contribution in [2.75, 3.05) is 39.3 Å². The summed E-state index contributed by atoms with van der Waals surface area (Å²) < 4.78 is 5.20. The molecule has 27 heavy (non-hydrogen) atoms. The molecule has 2 heterocycles. The number of aryl methyl sites for hydroxylation is 1. The fraction of sp³-hybridized carbons (Fsp3) is 0.524. The highest BCUT2D eigenvalue weighted by Gasteiger charge is 2.19. The van der Waals surface area contributed by atoms with E-state index in [1.165, 1.54) is 0 Å². The molecule has 1 aromatic heterocycles. The summed E-state index contributed by atoms with van der Waals surface area (Å²) in [5.41, 5.74) is 2.86. The van der Waals surface area contributed by atoms with Crippen molar-refractivity contribution in [3.05, 3.63) is 45.2 Å². The minimum absolute atomic E-state index is 0.00399. The topological polar surface area (TPSA) is 65.6 Å². The van der Waals surface area contributed by atoms with Crippen LogP contribution in [0.4, 0.5) is 0 Å². The maximum atomic E-state index is 13.1. The molecule has 0 spiro atoms. The van der Waals surface area contributed by atoms with Crippen LogP contribution in [0.25, 0.3) is 10.9 Å². The van der Waals surface area contributed by atoms with Crippen molar-refractivity contribution in [2.24, 2.45) is 0 Å². The first-order valence-electron chi connectivity index (χ1n) is 9.80. The molecule has 1 N–H and O–H groups in total. The van der Waals surface area contributed by atoms with Crippen LogP contribution in [0, 0.1) is 6.92 Å². The zero-order chi connectivity index (χ0) is 19.4. The van der Waals surface area contributed by atoms with Gasteiger partial charge in [-0.15, -0.1) is 0 Å². The summed E-state index contributed by atoms with van der Waals surface area (Å²) >= 11 is 0. The molecule has 1 aliphatic rings. The number of likely N-dealkylation sites (N-methyl/N-ethyl adjacent to an activating group) is 1. The second-order valence-corrected chi connectivity index (χ2v) is 7.16. The average molecular weight is 371 g/mol. The molecule has 146 valence electrons. The van der Waals surface area contributed by atoms with Gasteiger partial charge in [0.1, 0.15) is 0 Å². The number of pyridine rings is 1. The van der Waals surface area contributed by atoms with Gasteiger partial charge in [-0.05, 0) is 38.1 Å². The second-order valence-electron chi connectivity index (χ2n) is 7.16. The highest BCUT2D eigenvalue weighted by atomic mass is 16.5. The summed E-state index contributed by atoms with van der Waals surface area (Å²) in [5.74, 6) is -0.379. The lowest BCUT2D eigenvalue weighted by atomic mass is 10.1. The Bertz CT molecular complexity index is 867. The molecule has 1 fully saturated rings. The first-order valence-corrected chi connectivity index (χ1v) is 9.80. The third kappa shape index (κ3) is 4.39. The summed E-state index contributed by atoms with van der Waals surface area (Å²) in [4.78, 5) is 33.3. The SMILES string of the molecule is CCCOC(=O)c1ccc2[nH]c(C)c(CN3CCN(CC)CC3)c(=O)c2c1. The summed E-state index contributed by atoms with van der Waals surface area (Å²) in [5, 5.41) is 0.550. The Labute approximate surface area is 160 Å². The second kappa shape index (κ2) is 8.67. The molecule has 2 aromatic rings. The number of hydrogen-bond acceptors (Lipinski definition) is 5. The number of nitrogens with one attached hydrogen (secondary N) is 1. The van der Waals surface area contributed by atoms with E-state index in [2.05, 4.69) is 21.7 Å². The molecule has 1 aliphatic heterocycles. The van der Waals surface area contributed by atoms with Crippen LogP contribution in [0.3, 0.4) is 0 Å². The molecule has 3 rings (SSSR count). The zero-order valence-electron chi connectivity index (χ0n) is 16.5. The van der Waals surface area contributed by atoms with Gasteiger partial charge in [-0.2, -0.15) is 0 Å². The lowest BCUT2D eigenvalue weighted by Crippen LogP contribution is -2.46. The molecule has 0 saturated carbocycles. The summed E-state index contributed by atoms with van der Waals surface area (Å²) in [7, 11) is 0. The Morgan fingerprint density at radius 1 is 1.15 bits per heavy atom. The number of carbonyl (C=O) groups is 1. The maximum Gasteiger partial charge on any atom is 0.338 e. The third-order valence-electron chi connectivity index (χ3n) is 5.28. The molecule has 1 aromatic carbocycles. The standard InChI is InChI=1S/C21H29N3O3/c1-4-12-27-21(26)16-6-7-19-17(13-16)20(25)18(15(3)22-19)14-24-10-8-23(5-2)9-11-24/h6-7,13H,4-5,8-12,14H2,1-3H3,(H,22,25). The fourth-order valence-corrected chi connectivity index (χ4v) is 3.53. The van der Waals surface area contributed by atoms with E-state index in [1.54, 1.807) is 18.2 Å². The van der Waals surface area contributed by atoms with Crippen molar-refractivity contribution in [2.45, 2.75) is 33.7 Å². The Morgan fingerprint density at radius 3 is 2.52 bits per heavy atom. The van der Waals surface area contributed by atoms with Gasteiger partial charge in [-0.25, -0.2) is 4.79 Å². The van der Waals surface area contributed by atoms with E-state index in [4.69, 9.17) is 4.74 Å². The normalized spacial score (nSPS) is 16.0. The van der Waals surface area contributed by atoms with Gasteiger partial charge in [0, 0.05) is 54.9 Å². The molecular formula is C21H29N3O3. The number of carbonyl (C=O) groups excluding carboxylic acids is 1. The van der Waals surface area contributed by atoms with E-state index in [0.717, 1.165) is 55.9 Å². The summed E-state index contributed by atoms with van der Waals surface area (Å²) in [6, 6.07) is 5.15. The number of nitrogens with zero attached hydrogens (tertiary/aromatic N) is 2. The number of aromatic nitrogens is 1. The zero-order valence-corrected chi connectivity index (χ0v) is 16.5. The number of aromatic amines is 1. The van der Waals surface area contributed by atoms with Crippen LogP contribution >= 0.6 is 0 Å². The van der Waals surface area contributed by atoms with E-state index in [1.807, 2.05) is 13.8 Å². The van der Waals surface area contributed by atoms with Crippen LogP contribution in [0.15, 0.2) is 23.0 Å². The largest absolute Gasteiger partial charge is 0.462 e. The summed E-state index contributed by atoms with van der Waals surface area (Å²) in [6.07, 6.45) is 0.772.